The monoisotopic (exact) mass is 369 g/mol. The molecule has 130 valence electrons. The van der Waals surface area contributed by atoms with Gasteiger partial charge in [-0.05, 0) is 48.5 Å². The van der Waals surface area contributed by atoms with Crippen molar-refractivity contribution in [2.75, 3.05) is 7.11 Å². The summed E-state index contributed by atoms with van der Waals surface area (Å²) in [6, 6.07) is 20.3. The van der Waals surface area contributed by atoms with Crippen LogP contribution in [0, 0.1) is 23.2 Å². The lowest BCUT2D eigenvalue weighted by molar-refractivity contribution is 0.104. The van der Waals surface area contributed by atoms with Crippen LogP contribution in [0.4, 0.5) is 0 Å². The number of nitrogens with zero attached hydrogens (tertiary/aromatic N) is 1. The molecule has 0 saturated carbocycles. The van der Waals surface area contributed by atoms with E-state index in [1.54, 1.807) is 37.5 Å². The molecule has 0 spiro atoms. The molecule has 0 aliphatic rings. The second-order valence-corrected chi connectivity index (χ2v) is 6.52. The van der Waals surface area contributed by atoms with Crippen molar-refractivity contribution in [3.8, 4) is 23.7 Å². The predicted octanol–water partition coefficient (Wildman–Crippen LogP) is 4.95. The summed E-state index contributed by atoms with van der Waals surface area (Å²) in [6.45, 7) is 0. The Hall–Kier alpha value is -3.60. The molecule has 3 nitrogen and oxygen atoms in total. The number of allylic oxidation sites excluding steroid dienone is 1. The Morgan fingerprint density at radius 1 is 1.04 bits per heavy atom. The van der Waals surface area contributed by atoms with Crippen LogP contribution in [-0.4, -0.2) is 12.9 Å². The van der Waals surface area contributed by atoms with E-state index in [1.807, 2.05) is 47.8 Å². The molecule has 0 radical (unpaired) electrons. The van der Waals surface area contributed by atoms with Crippen molar-refractivity contribution in [3.63, 3.8) is 0 Å². The van der Waals surface area contributed by atoms with Gasteiger partial charge in [-0.25, -0.2) is 0 Å². The molecule has 0 saturated heterocycles. The van der Waals surface area contributed by atoms with Gasteiger partial charge in [0.15, 0.2) is 0 Å². The van der Waals surface area contributed by atoms with Crippen molar-refractivity contribution >= 4 is 23.2 Å². The number of carbonyl (C=O) groups is 1. The molecule has 0 N–H and O–H groups in total. The lowest BCUT2D eigenvalue weighted by Crippen LogP contribution is -2.01. The number of carbonyl (C=O) groups excluding carboxylic acids is 1. The van der Waals surface area contributed by atoms with Gasteiger partial charge in [-0.15, -0.1) is 11.3 Å². The van der Waals surface area contributed by atoms with Crippen LogP contribution in [0.25, 0.3) is 6.08 Å². The highest BCUT2D eigenvalue weighted by molar-refractivity contribution is 7.11. The van der Waals surface area contributed by atoms with Gasteiger partial charge in [0.25, 0.3) is 0 Å². The summed E-state index contributed by atoms with van der Waals surface area (Å²) in [5.41, 5.74) is 2.33. The molecule has 1 heterocycles. The lowest BCUT2D eigenvalue weighted by atomic mass is 10.0. The summed E-state index contributed by atoms with van der Waals surface area (Å²) in [5.74, 6) is 6.54. The van der Waals surface area contributed by atoms with Gasteiger partial charge in [-0.3, -0.25) is 4.79 Å². The van der Waals surface area contributed by atoms with E-state index < -0.39 is 0 Å². The number of nitriles is 1. The zero-order valence-electron chi connectivity index (χ0n) is 14.6. The van der Waals surface area contributed by atoms with Gasteiger partial charge in [0.1, 0.15) is 17.4 Å². The van der Waals surface area contributed by atoms with Crippen molar-refractivity contribution in [1.29, 1.82) is 5.26 Å². The Kier molecular flexibility index (Phi) is 5.84. The summed E-state index contributed by atoms with van der Waals surface area (Å²) in [6.07, 6.45) is 1.60. The number of ketones is 1. The van der Waals surface area contributed by atoms with Crippen LogP contribution < -0.4 is 4.74 Å². The number of benzene rings is 2. The molecule has 0 bridgehead atoms. The zero-order chi connectivity index (χ0) is 19.1. The highest BCUT2D eigenvalue weighted by Crippen LogP contribution is 2.20. The van der Waals surface area contributed by atoms with E-state index in [9.17, 15) is 10.1 Å². The zero-order valence-corrected chi connectivity index (χ0v) is 15.4. The van der Waals surface area contributed by atoms with E-state index in [1.165, 1.54) is 11.3 Å². The van der Waals surface area contributed by atoms with Gasteiger partial charge in [0, 0.05) is 26.9 Å². The number of thiophene rings is 1. The van der Waals surface area contributed by atoms with Crippen LogP contribution in [0.2, 0.25) is 0 Å². The smallest absolute Gasteiger partial charge is 0.203 e. The first-order valence-electron chi connectivity index (χ1n) is 8.16. The highest BCUT2D eigenvalue weighted by Gasteiger charge is 2.12. The van der Waals surface area contributed by atoms with Gasteiger partial charge in [0.2, 0.25) is 5.78 Å². The molecule has 3 aromatic rings. The lowest BCUT2D eigenvalue weighted by Gasteiger charge is -2.01. The van der Waals surface area contributed by atoms with Crippen molar-refractivity contribution < 1.29 is 9.53 Å². The Balaban J connectivity index is 1.80. The molecule has 0 amide bonds. The Bertz CT molecular complexity index is 1080. The summed E-state index contributed by atoms with van der Waals surface area (Å²) < 4.78 is 5.09. The maximum Gasteiger partial charge on any atom is 0.203 e. The first-order chi connectivity index (χ1) is 13.2. The fourth-order valence-electron chi connectivity index (χ4n) is 2.35. The number of hydrogen-bond acceptors (Lipinski definition) is 4. The largest absolute Gasteiger partial charge is 0.497 e. The second kappa shape index (κ2) is 8.67. The molecule has 0 unspecified atom stereocenters. The van der Waals surface area contributed by atoms with E-state index in [-0.39, 0.29) is 11.4 Å². The van der Waals surface area contributed by atoms with E-state index in [0.29, 0.717) is 11.3 Å². The van der Waals surface area contributed by atoms with Crippen LogP contribution in [0.5, 0.6) is 5.75 Å². The third kappa shape index (κ3) is 4.73. The normalized spacial score (nSPS) is 10.4. The minimum Gasteiger partial charge on any atom is -0.497 e. The minimum atomic E-state index is -0.314. The molecule has 0 atom stereocenters. The molecule has 1 aromatic heterocycles. The fourth-order valence-corrected chi connectivity index (χ4v) is 3.12. The van der Waals surface area contributed by atoms with Crippen molar-refractivity contribution in [2.45, 2.75) is 0 Å². The topological polar surface area (TPSA) is 50.1 Å². The van der Waals surface area contributed by atoms with Crippen molar-refractivity contribution in [1.82, 2.24) is 0 Å². The SMILES string of the molecule is COc1ccc(C(=O)/C(C#N)=C/c2cc(C#Cc3ccccc3)cs2)cc1. The Morgan fingerprint density at radius 3 is 2.41 bits per heavy atom. The van der Waals surface area contributed by atoms with E-state index >= 15 is 0 Å². The number of hydrogen-bond donors (Lipinski definition) is 0. The number of methoxy groups -OCH3 is 1. The molecule has 0 aliphatic heterocycles. The molecule has 0 fully saturated rings. The average Bonchev–Trinajstić information content (AvgIpc) is 3.18. The molecule has 3 rings (SSSR count). The fraction of sp³-hybridized carbons (Fsp3) is 0.0435. The Morgan fingerprint density at radius 2 is 1.74 bits per heavy atom. The highest BCUT2D eigenvalue weighted by atomic mass is 32.1. The van der Waals surface area contributed by atoms with Crippen LogP contribution in [0.3, 0.4) is 0 Å². The summed E-state index contributed by atoms with van der Waals surface area (Å²) >= 11 is 1.44. The van der Waals surface area contributed by atoms with Crippen LogP contribution in [0.1, 0.15) is 26.4 Å². The first kappa shape index (κ1) is 18.2. The standard InChI is InChI=1S/C23H15NO2S/c1-26-21-11-9-19(10-12-21)23(25)20(15-24)14-22-13-18(16-27-22)8-7-17-5-3-2-4-6-17/h2-6,9-14,16H,1H3/b20-14+. The molecular weight excluding hydrogens is 354 g/mol. The van der Waals surface area contributed by atoms with Crippen molar-refractivity contribution in [3.05, 3.63) is 93.2 Å². The second-order valence-electron chi connectivity index (χ2n) is 5.58. The predicted molar refractivity (Wildman–Crippen MR) is 108 cm³/mol. The van der Waals surface area contributed by atoms with Crippen molar-refractivity contribution in [2.24, 2.45) is 0 Å². The summed E-state index contributed by atoms with van der Waals surface area (Å²) in [4.78, 5) is 13.4. The molecule has 27 heavy (non-hydrogen) atoms. The average molecular weight is 369 g/mol. The van der Waals surface area contributed by atoms with E-state index in [0.717, 1.165) is 16.0 Å². The van der Waals surface area contributed by atoms with Crippen LogP contribution in [0.15, 0.2) is 71.6 Å². The minimum absolute atomic E-state index is 0.0876. The third-order valence-electron chi connectivity index (χ3n) is 3.75. The quantitative estimate of drug-likeness (QED) is 0.283. The van der Waals surface area contributed by atoms with E-state index in [4.69, 9.17) is 4.74 Å². The summed E-state index contributed by atoms with van der Waals surface area (Å²) in [7, 11) is 1.56. The first-order valence-corrected chi connectivity index (χ1v) is 9.04. The van der Waals surface area contributed by atoms with Gasteiger partial charge in [-0.2, -0.15) is 5.26 Å². The maximum absolute atomic E-state index is 12.5. The van der Waals surface area contributed by atoms with Crippen LogP contribution in [-0.2, 0) is 0 Å². The number of Topliss-reactive ketones (excluding diaryl/α,β-unsaturated/α-hetero) is 1. The molecular formula is C23H15NO2S. The maximum atomic E-state index is 12.5. The molecule has 4 heteroatoms. The van der Waals surface area contributed by atoms with Gasteiger partial charge < -0.3 is 4.74 Å². The van der Waals surface area contributed by atoms with E-state index in [2.05, 4.69) is 11.8 Å². The Labute approximate surface area is 162 Å². The molecule has 2 aromatic carbocycles. The summed E-state index contributed by atoms with van der Waals surface area (Å²) in [5, 5.41) is 11.3. The van der Waals surface area contributed by atoms with Gasteiger partial charge in [-0.1, -0.05) is 30.0 Å². The van der Waals surface area contributed by atoms with Crippen LogP contribution >= 0.6 is 11.3 Å². The number of ether oxygens (including phenoxy) is 1. The van der Waals surface area contributed by atoms with Gasteiger partial charge in [0.05, 0.1) is 7.11 Å². The van der Waals surface area contributed by atoms with Gasteiger partial charge >= 0.3 is 0 Å². The molecule has 0 aliphatic carbocycles. The third-order valence-corrected chi connectivity index (χ3v) is 4.63. The number of rotatable bonds is 4.